The van der Waals surface area contributed by atoms with E-state index in [0.717, 1.165) is 39.0 Å². The molecule has 2 heterocycles. The standard InChI is InChI=1S/C31H26N4O/c1-21-11-13-24(14-12-21)30-26-16-15-25(34-22(2)28-10-6-7-17-33-28)18-29(26)35(31(36)27(30)19-32)20-23-8-4-3-5-9-23/h3-18,22,34H,20H2,1-2H3. The normalized spacial score (nSPS) is 11.7. The van der Waals surface area contributed by atoms with Crippen LogP contribution in [0.5, 0.6) is 0 Å². The Morgan fingerprint density at radius 3 is 2.42 bits per heavy atom. The quantitative estimate of drug-likeness (QED) is 0.309. The second kappa shape index (κ2) is 9.89. The number of hydrogen-bond donors (Lipinski definition) is 1. The Hall–Kier alpha value is -4.69. The third-order valence-electron chi connectivity index (χ3n) is 6.42. The first-order valence-corrected chi connectivity index (χ1v) is 11.9. The molecule has 0 saturated carbocycles. The maximum Gasteiger partial charge on any atom is 0.269 e. The van der Waals surface area contributed by atoms with Crippen LogP contribution in [0, 0.1) is 18.3 Å². The number of nitriles is 1. The summed E-state index contributed by atoms with van der Waals surface area (Å²) in [6, 6.07) is 31.8. The van der Waals surface area contributed by atoms with E-state index in [1.54, 1.807) is 10.8 Å². The first-order valence-electron chi connectivity index (χ1n) is 11.9. The zero-order chi connectivity index (χ0) is 25.1. The molecule has 5 nitrogen and oxygen atoms in total. The molecule has 0 aliphatic rings. The van der Waals surface area contributed by atoms with Crippen LogP contribution in [-0.2, 0) is 6.54 Å². The smallest absolute Gasteiger partial charge is 0.269 e. The van der Waals surface area contributed by atoms with Gasteiger partial charge in [-0.3, -0.25) is 9.78 Å². The fourth-order valence-corrected chi connectivity index (χ4v) is 4.54. The minimum Gasteiger partial charge on any atom is -0.377 e. The van der Waals surface area contributed by atoms with Gasteiger partial charge in [0.25, 0.3) is 5.56 Å². The molecule has 0 bridgehead atoms. The van der Waals surface area contributed by atoms with Gasteiger partial charge in [0.2, 0.25) is 0 Å². The summed E-state index contributed by atoms with van der Waals surface area (Å²) in [5.74, 6) is 0. The summed E-state index contributed by atoms with van der Waals surface area (Å²) in [5.41, 5.74) is 6.09. The van der Waals surface area contributed by atoms with E-state index in [9.17, 15) is 10.1 Å². The van der Waals surface area contributed by atoms with E-state index in [4.69, 9.17) is 0 Å². The summed E-state index contributed by atoms with van der Waals surface area (Å²) < 4.78 is 1.71. The number of aromatic nitrogens is 2. The van der Waals surface area contributed by atoms with Gasteiger partial charge in [0.1, 0.15) is 11.6 Å². The third-order valence-corrected chi connectivity index (χ3v) is 6.42. The number of benzene rings is 3. The van der Waals surface area contributed by atoms with Crippen LogP contribution in [0.1, 0.15) is 35.3 Å². The Kier molecular flexibility index (Phi) is 6.34. The number of aryl methyl sites for hydroxylation is 1. The van der Waals surface area contributed by atoms with Crippen LogP contribution in [0.4, 0.5) is 5.69 Å². The zero-order valence-electron chi connectivity index (χ0n) is 20.3. The van der Waals surface area contributed by atoms with Gasteiger partial charge in [0.15, 0.2) is 0 Å². The van der Waals surface area contributed by atoms with E-state index in [-0.39, 0.29) is 17.2 Å². The lowest BCUT2D eigenvalue weighted by Crippen LogP contribution is -2.25. The van der Waals surface area contributed by atoms with Crippen molar-refractivity contribution in [3.63, 3.8) is 0 Å². The molecule has 1 N–H and O–H groups in total. The Morgan fingerprint density at radius 1 is 0.972 bits per heavy atom. The highest BCUT2D eigenvalue weighted by atomic mass is 16.1. The number of rotatable bonds is 6. The van der Waals surface area contributed by atoms with Gasteiger partial charge >= 0.3 is 0 Å². The van der Waals surface area contributed by atoms with Crippen LogP contribution < -0.4 is 10.9 Å². The number of anilines is 1. The highest BCUT2D eigenvalue weighted by Crippen LogP contribution is 2.33. The third kappa shape index (κ3) is 4.49. The van der Waals surface area contributed by atoms with E-state index < -0.39 is 0 Å². The van der Waals surface area contributed by atoms with Crippen molar-refractivity contribution in [1.29, 1.82) is 5.26 Å². The summed E-state index contributed by atoms with van der Waals surface area (Å²) in [6.45, 7) is 4.45. The Morgan fingerprint density at radius 2 is 1.72 bits per heavy atom. The lowest BCUT2D eigenvalue weighted by Gasteiger charge is -2.19. The molecule has 2 aromatic heterocycles. The molecule has 0 aliphatic carbocycles. The van der Waals surface area contributed by atoms with Crippen molar-refractivity contribution in [2.45, 2.75) is 26.4 Å². The van der Waals surface area contributed by atoms with Crippen molar-refractivity contribution < 1.29 is 0 Å². The van der Waals surface area contributed by atoms with Crippen molar-refractivity contribution >= 4 is 16.6 Å². The number of nitrogens with one attached hydrogen (secondary N) is 1. The molecular formula is C31H26N4O. The van der Waals surface area contributed by atoms with E-state index in [2.05, 4.69) is 23.3 Å². The Bertz CT molecular complexity index is 1620. The maximum absolute atomic E-state index is 13.7. The predicted octanol–water partition coefficient (Wildman–Crippen LogP) is 6.47. The molecule has 5 rings (SSSR count). The molecule has 1 unspecified atom stereocenters. The van der Waals surface area contributed by atoms with Gasteiger partial charge in [0.05, 0.1) is 23.8 Å². The van der Waals surface area contributed by atoms with E-state index in [0.29, 0.717) is 12.1 Å². The van der Waals surface area contributed by atoms with Crippen molar-refractivity contribution in [2.75, 3.05) is 5.32 Å². The van der Waals surface area contributed by atoms with Gasteiger partial charge in [-0.1, -0.05) is 72.3 Å². The van der Waals surface area contributed by atoms with Crippen LogP contribution in [0.15, 0.2) is 102 Å². The monoisotopic (exact) mass is 470 g/mol. The number of nitrogens with zero attached hydrogens (tertiary/aromatic N) is 3. The average molecular weight is 471 g/mol. The molecule has 0 spiro atoms. The van der Waals surface area contributed by atoms with Crippen molar-refractivity contribution in [2.24, 2.45) is 0 Å². The average Bonchev–Trinajstić information content (AvgIpc) is 2.91. The summed E-state index contributed by atoms with van der Waals surface area (Å²) in [5, 5.41) is 14.5. The Balaban J connectivity index is 1.72. The topological polar surface area (TPSA) is 70.7 Å². The fourth-order valence-electron chi connectivity index (χ4n) is 4.54. The van der Waals surface area contributed by atoms with Crippen molar-refractivity contribution in [1.82, 2.24) is 9.55 Å². The molecule has 36 heavy (non-hydrogen) atoms. The van der Waals surface area contributed by atoms with Crippen LogP contribution in [-0.4, -0.2) is 9.55 Å². The van der Waals surface area contributed by atoms with Crippen molar-refractivity contribution in [3.8, 4) is 17.2 Å². The summed E-state index contributed by atoms with van der Waals surface area (Å²) in [6.07, 6.45) is 1.78. The van der Waals surface area contributed by atoms with Crippen LogP contribution in [0.25, 0.3) is 22.0 Å². The molecule has 5 aromatic rings. The second-order valence-electron chi connectivity index (χ2n) is 8.96. The van der Waals surface area contributed by atoms with Crippen LogP contribution in [0.3, 0.4) is 0 Å². The minimum atomic E-state index is -0.292. The van der Waals surface area contributed by atoms with Crippen LogP contribution >= 0.6 is 0 Å². The molecule has 1 atom stereocenters. The molecule has 176 valence electrons. The van der Waals surface area contributed by atoms with Crippen LogP contribution in [0.2, 0.25) is 0 Å². The van der Waals surface area contributed by atoms with Gasteiger partial charge in [-0.05, 0) is 49.2 Å². The molecule has 0 radical (unpaired) electrons. The molecule has 3 aromatic carbocycles. The van der Waals surface area contributed by atoms with E-state index in [1.165, 1.54) is 0 Å². The summed E-state index contributed by atoms with van der Waals surface area (Å²) in [4.78, 5) is 18.2. The molecule has 0 aliphatic heterocycles. The summed E-state index contributed by atoms with van der Waals surface area (Å²) in [7, 11) is 0. The first-order chi connectivity index (χ1) is 17.5. The molecule has 0 amide bonds. The highest BCUT2D eigenvalue weighted by molar-refractivity contribution is 5.99. The second-order valence-corrected chi connectivity index (χ2v) is 8.96. The first kappa shape index (κ1) is 23.1. The SMILES string of the molecule is Cc1ccc(-c2c(C#N)c(=O)n(Cc3ccccc3)c3cc(NC(C)c4ccccn4)ccc23)cc1. The van der Waals surface area contributed by atoms with Gasteiger partial charge < -0.3 is 9.88 Å². The van der Waals surface area contributed by atoms with Gasteiger partial charge in [-0.2, -0.15) is 5.26 Å². The fraction of sp³-hybridized carbons (Fsp3) is 0.129. The maximum atomic E-state index is 13.7. The predicted molar refractivity (Wildman–Crippen MR) is 145 cm³/mol. The zero-order valence-corrected chi connectivity index (χ0v) is 20.3. The molecule has 0 saturated heterocycles. The summed E-state index contributed by atoms with van der Waals surface area (Å²) >= 11 is 0. The Labute approximate surface area is 210 Å². The molecular weight excluding hydrogens is 444 g/mol. The molecule has 0 fully saturated rings. The lowest BCUT2D eigenvalue weighted by atomic mass is 9.95. The lowest BCUT2D eigenvalue weighted by molar-refractivity contribution is 0.791. The number of pyridine rings is 2. The number of hydrogen-bond acceptors (Lipinski definition) is 4. The van der Waals surface area contributed by atoms with Gasteiger partial charge in [-0.25, -0.2) is 0 Å². The van der Waals surface area contributed by atoms with Gasteiger partial charge in [0, 0.05) is 22.8 Å². The number of fused-ring (bicyclic) bond motifs is 1. The minimum absolute atomic E-state index is 0.0205. The van der Waals surface area contributed by atoms with Gasteiger partial charge in [-0.15, -0.1) is 0 Å². The van der Waals surface area contributed by atoms with E-state index >= 15 is 0 Å². The van der Waals surface area contributed by atoms with Crippen molar-refractivity contribution in [3.05, 3.63) is 130 Å². The van der Waals surface area contributed by atoms with E-state index in [1.807, 2.05) is 97.9 Å². The largest absolute Gasteiger partial charge is 0.377 e. The highest BCUT2D eigenvalue weighted by Gasteiger charge is 2.19. The molecule has 5 heteroatoms.